The highest BCUT2D eigenvalue weighted by Crippen LogP contribution is 2.14. The van der Waals surface area contributed by atoms with E-state index < -0.39 is 0 Å². The maximum atomic E-state index is 12.2. The molecular weight excluding hydrogens is 284 g/mol. The molecule has 0 fully saturated rings. The van der Waals surface area contributed by atoms with Gasteiger partial charge in [0.15, 0.2) is 0 Å². The first-order chi connectivity index (χ1) is 10.1. The van der Waals surface area contributed by atoms with Crippen LogP contribution in [0.1, 0.15) is 23.2 Å². The van der Waals surface area contributed by atoms with Crippen molar-refractivity contribution < 1.29 is 9.53 Å². The summed E-state index contributed by atoms with van der Waals surface area (Å²) in [6.45, 7) is 5.12. The van der Waals surface area contributed by atoms with Crippen molar-refractivity contribution in [1.82, 2.24) is 9.88 Å². The molecule has 1 aromatic carbocycles. The number of ether oxygens (including phenoxy) is 1. The molecule has 21 heavy (non-hydrogen) atoms. The quantitative estimate of drug-likeness (QED) is 0.824. The van der Waals surface area contributed by atoms with Gasteiger partial charge < -0.3 is 9.64 Å². The van der Waals surface area contributed by atoms with Gasteiger partial charge in [0, 0.05) is 12.4 Å². The smallest absolute Gasteiger partial charge is 0.227 e. The molecule has 4 nitrogen and oxygen atoms in total. The maximum absolute atomic E-state index is 12.2. The van der Waals surface area contributed by atoms with Crippen LogP contribution >= 0.6 is 11.3 Å². The van der Waals surface area contributed by atoms with Gasteiger partial charge in [0.1, 0.15) is 5.75 Å². The number of amides is 1. The number of rotatable bonds is 6. The Bertz CT molecular complexity index is 593. The van der Waals surface area contributed by atoms with E-state index in [4.69, 9.17) is 4.74 Å². The Hall–Kier alpha value is -1.88. The molecule has 1 aromatic heterocycles. The molecule has 2 aromatic rings. The number of carbonyl (C=O) groups excluding carboxylic acids is 1. The minimum Gasteiger partial charge on any atom is -0.494 e. The van der Waals surface area contributed by atoms with Gasteiger partial charge in [-0.15, -0.1) is 11.3 Å². The Morgan fingerprint density at radius 2 is 2.05 bits per heavy atom. The predicted octanol–water partition coefficient (Wildman–Crippen LogP) is 3.05. The van der Waals surface area contributed by atoms with Crippen molar-refractivity contribution in [2.24, 2.45) is 0 Å². The molecule has 0 aliphatic rings. The molecule has 1 amide bonds. The summed E-state index contributed by atoms with van der Waals surface area (Å²) in [4.78, 5) is 18.3. The van der Waals surface area contributed by atoms with E-state index >= 15 is 0 Å². The third-order valence-corrected chi connectivity index (χ3v) is 3.90. The molecule has 0 N–H and O–H groups in total. The number of aromatic nitrogens is 1. The normalized spacial score (nSPS) is 10.4. The third kappa shape index (κ3) is 4.56. The summed E-state index contributed by atoms with van der Waals surface area (Å²) < 4.78 is 5.39. The third-order valence-electron chi connectivity index (χ3n) is 3.08. The van der Waals surface area contributed by atoms with Crippen molar-refractivity contribution in [2.45, 2.75) is 26.8 Å². The van der Waals surface area contributed by atoms with Gasteiger partial charge in [0.25, 0.3) is 0 Å². The van der Waals surface area contributed by atoms with Gasteiger partial charge >= 0.3 is 0 Å². The van der Waals surface area contributed by atoms with Gasteiger partial charge in [-0.25, -0.2) is 4.98 Å². The molecule has 0 bridgehead atoms. The number of nitrogens with zero attached hydrogens (tertiary/aromatic N) is 2. The highest BCUT2D eigenvalue weighted by atomic mass is 32.1. The first-order valence-electron chi connectivity index (χ1n) is 6.95. The highest BCUT2D eigenvalue weighted by molar-refractivity contribution is 7.09. The van der Waals surface area contributed by atoms with Gasteiger partial charge in [-0.3, -0.25) is 4.79 Å². The van der Waals surface area contributed by atoms with Crippen LogP contribution in [0.15, 0.2) is 29.6 Å². The Morgan fingerprint density at radius 3 is 2.62 bits per heavy atom. The van der Waals surface area contributed by atoms with Crippen LogP contribution in [0.5, 0.6) is 5.75 Å². The fourth-order valence-corrected chi connectivity index (χ4v) is 2.60. The zero-order chi connectivity index (χ0) is 15.2. The van der Waals surface area contributed by atoms with Crippen molar-refractivity contribution in [3.63, 3.8) is 0 Å². The lowest BCUT2D eigenvalue weighted by molar-refractivity contribution is -0.129. The Morgan fingerprint density at radius 1 is 1.33 bits per heavy atom. The molecule has 0 aliphatic heterocycles. The molecule has 0 saturated carbocycles. The number of carbonyl (C=O) groups is 1. The van der Waals surface area contributed by atoms with E-state index in [0.29, 0.717) is 19.6 Å². The molecule has 0 spiro atoms. The van der Waals surface area contributed by atoms with Crippen molar-refractivity contribution >= 4 is 17.2 Å². The summed E-state index contributed by atoms with van der Waals surface area (Å²) in [5.41, 5.74) is 1.94. The van der Waals surface area contributed by atoms with Crippen molar-refractivity contribution in [2.75, 3.05) is 13.7 Å². The summed E-state index contributed by atoms with van der Waals surface area (Å²) >= 11 is 1.61. The van der Waals surface area contributed by atoms with Crippen LogP contribution in [0, 0.1) is 6.92 Å². The summed E-state index contributed by atoms with van der Waals surface area (Å²) in [6, 6.07) is 7.67. The van der Waals surface area contributed by atoms with E-state index in [1.54, 1.807) is 16.2 Å². The molecule has 0 unspecified atom stereocenters. The lowest BCUT2D eigenvalue weighted by Gasteiger charge is -2.16. The van der Waals surface area contributed by atoms with Crippen LogP contribution in [0.3, 0.4) is 0 Å². The lowest BCUT2D eigenvalue weighted by Crippen LogP contribution is -2.27. The van der Waals surface area contributed by atoms with Gasteiger partial charge in [-0.1, -0.05) is 12.1 Å². The summed E-state index contributed by atoms with van der Waals surface area (Å²) in [7, 11) is 1.81. The van der Waals surface area contributed by atoms with Gasteiger partial charge in [0.2, 0.25) is 5.91 Å². The minimum absolute atomic E-state index is 0.0878. The van der Waals surface area contributed by atoms with E-state index in [2.05, 4.69) is 4.98 Å². The molecule has 5 heteroatoms. The average Bonchev–Trinajstić information content (AvgIpc) is 2.86. The van der Waals surface area contributed by atoms with Crippen LogP contribution < -0.4 is 4.74 Å². The van der Waals surface area contributed by atoms with Gasteiger partial charge in [0.05, 0.1) is 30.3 Å². The first kappa shape index (κ1) is 15.5. The van der Waals surface area contributed by atoms with Crippen LogP contribution in [0.4, 0.5) is 0 Å². The molecule has 112 valence electrons. The summed E-state index contributed by atoms with van der Waals surface area (Å²) in [6.07, 6.45) is 0.395. The van der Waals surface area contributed by atoms with Gasteiger partial charge in [-0.05, 0) is 31.5 Å². The van der Waals surface area contributed by atoms with Crippen LogP contribution in [0.25, 0.3) is 0 Å². The second kappa shape index (κ2) is 7.22. The molecule has 0 saturated heterocycles. The van der Waals surface area contributed by atoms with Crippen molar-refractivity contribution in [3.05, 3.63) is 45.9 Å². The SMILES string of the molecule is CCOc1ccc(CC(=O)N(C)Cc2csc(C)n2)cc1. The molecular formula is C16H20N2O2S. The second-order valence-corrected chi connectivity index (χ2v) is 5.92. The lowest BCUT2D eigenvalue weighted by atomic mass is 10.1. The molecule has 2 rings (SSSR count). The van der Waals surface area contributed by atoms with Crippen LogP contribution in [-0.2, 0) is 17.8 Å². The number of hydrogen-bond donors (Lipinski definition) is 0. The fourth-order valence-electron chi connectivity index (χ4n) is 1.99. The summed E-state index contributed by atoms with van der Waals surface area (Å²) in [5, 5.41) is 3.02. The van der Waals surface area contributed by atoms with E-state index in [-0.39, 0.29) is 5.91 Å². The number of benzene rings is 1. The largest absolute Gasteiger partial charge is 0.494 e. The fraction of sp³-hybridized carbons (Fsp3) is 0.375. The zero-order valence-corrected chi connectivity index (χ0v) is 13.4. The monoisotopic (exact) mass is 304 g/mol. The zero-order valence-electron chi connectivity index (χ0n) is 12.6. The predicted molar refractivity (Wildman–Crippen MR) is 84.6 cm³/mol. The highest BCUT2D eigenvalue weighted by Gasteiger charge is 2.11. The van der Waals surface area contributed by atoms with Crippen molar-refractivity contribution in [1.29, 1.82) is 0 Å². The number of hydrogen-bond acceptors (Lipinski definition) is 4. The Kier molecular flexibility index (Phi) is 5.33. The number of aryl methyl sites for hydroxylation is 1. The van der Waals surface area contributed by atoms with Crippen molar-refractivity contribution in [3.8, 4) is 5.75 Å². The number of thiazole rings is 1. The van der Waals surface area contributed by atoms with E-state index in [0.717, 1.165) is 22.0 Å². The minimum atomic E-state index is 0.0878. The van der Waals surface area contributed by atoms with Crippen LogP contribution in [-0.4, -0.2) is 29.4 Å². The van der Waals surface area contributed by atoms with E-state index in [1.807, 2.05) is 50.5 Å². The van der Waals surface area contributed by atoms with E-state index in [1.165, 1.54) is 0 Å². The second-order valence-electron chi connectivity index (χ2n) is 4.86. The molecule has 1 heterocycles. The van der Waals surface area contributed by atoms with E-state index in [9.17, 15) is 4.79 Å². The standard InChI is InChI=1S/C16H20N2O2S/c1-4-20-15-7-5-13(6-8-15)9-16(19)18(3)10-14-11-21-12(2)17-14/h5-8,11H,4,9-10H2,1-3H3. The molecule has 0 atom stereocenters. The van der Waals surface area contributed by atoms with Crippen LogP contribution in [0.2, 0.25) is 0 Å². The molecule has 0 radical (unpaired) electrons. The summed E-state index contributed by atoms with van der Waals surface area (Å²) in [5.74, 6) is 0.921. The maximum Gasteiger partial charge on any atom is 0.227 e. The average molecular weight is 304 g/mol. The Labute approximate surface area is 129 Å². The molecule has 0 aliphatic carbocycles. The topological polar surface area (TPSA) is 42.4 Å². The van der Waals surface area contributed by atoms with Gasteiger partial charge in [-0.2, -0.15) is 0 Å². The Balaban J connectivity index is 1.90. The first-order valence-corrected chi connectivity index (χ1v) is 7.83. The number of likely N-dealkylation sites (N-methyl/N-ethyl adjacent to an activating group) is 1.